The average molecular weight is 169 g/mol. The van der Waals surface area contributed by atoms with Gasteiger partial charge >= 0.3 is 0 Å². The molecule has 1 rings (SSSR count). The monoisotopic (exact) mass is 169 g/mol. The number of nitrogens with two attached hydrogens (primary N) is 1. The quantitative estimate of drug-likeness (QED) is 0.696. The van der Waals surface area contributed by atoms with Crippen LogP contribution in [0.2, 0.25) is 0 Å². The maximum atomic E-state index is 11.6. The Kier molecular flexibility index (Phi) is 2.57. The summed E-state index contributed by atoms with van der Waals surface area (Å²) < 4.78 is 0. The van der Waals surface area contributed by atoms with Crippen LogP contribution in [-0.2, 0) is 4.79 Å². The zero-order chi connectivity index (χ0) is 9.35. The van der Waals surface area contributed by atoms with Gasteiger partial charge in [-0.05, 0) is 25.2 Å². The normalized spacial score (nSPS) is 22.4. The molecule has 2 N–H and O–H groups in total. The molecule has 2 heteroatoms. The molecule has 1 aliphatic carbocycles. The van der Waals surface area contributed by atoms with E-state index in [1.54, 1.807) is 0 Å². The summed E-state index contributed by atoms with van der Waals surface area (Å²) >= 11 is 0. The number of Topliss-reactive ketones (excluding diaryl/α,β-unsaturated/α-hetero) is 1. The first-order valence-corrected chi connectivity index (χ1v) is 4.75. The Balaban J connectivity index is 2.42. The van der Waals surface area contributed by atoms with E-state index in [-0.39, 0.29) is 17.2 Å². The Morgan fingerprint density at radius 1 is 1.50 bits per heavy atom. The van der Waals surface area contributed by atoms with Gasteiger partial charge in [0, 0.05) is 5.41 Å². The third-order valence-corrected chi connectivity index (χ3v) is 2.66. The summed E-state index contributed by atoms with van der Waals surface area (Å²) in [6, 6.07) is -0.225. The zero-order valence-electron chi connectivity index (χ0n) is 8.26. The van der Waals surface area contributed by atoms with Crippen LogP contribution in [0.25, 0.3) is 0 Å². The minimum Gasteiger partial charge on any atom is -0.321 e. The van der Waals surface area contributed by atoms with E-state index in [1.807, 2.05) is 6.92 Å². The molecule has 0 amide bonds. The highest BCUT2D eigenvalue weighted by atomic mass is 16.1. The van der Waals surface area contributed by atoms with E-state index in [2.05, 4.69) is 13.8 Å². The van der Waals surface area contributed by atoms with E-state index in [1.165, 1.54) is 0 Å². The van der Waals surface area contributed by atoms with Gasteiger partial charge in [-0.1, -0.05) is 20.8 Å². The third kappa shape index (κ3) is 2.07. The summed E-state index contributed by atoms with van der Waals surface area (Å²) in [5, 5.41) is 0. The van der Waals surface area contributed by atoms with Crippen molar-refractivity contribution in [1.29, 1.82) is 0 Å². The lowest BCUT2D eigenvalue weighted by molar-refractivity contribution is -0.125. The average Bonchev–Trinajstić information content (AvgIpc) is 2.66. The Labute approximate surface area is 74.5 Å². The molecular weight excluding hydrogens is 150 g/mol. The van der Waals surface area contributed by atoms with Gasteiger partial charge in [0.2, 0.25) is 0 Å². The minimum absolute atomic E-state index is 0.0473. The van der Waals surface area contributed by atoms with Crippen LogP contribution < -0.4 is 5.73 Å². The first kappa shape index (κ1) is 9.72. The van der Waals surface area contributed by atoms with Crippen molar-refractivity contribution in [2.45, 2.75) is 46.1 Å². The minimum atomic E-state index is -0.225. The maximum Gasteiger partial charge on any atom is 0.155 e. The van der Waals surface area contributed by atoms with Crippen LogP contribution in [-0.4, -0.2) is 11.8 Å². The summed E-state index contributed by atoms with van der Waals surface area (Å²) in [6.45, 7) is 6.22. The molecule has 0 spiro atoms. The standard InChI is InChI=1S/C10H19NO/c1-7(2)6-8(11)9(12)10(3)4-5-10/h7-8H,4-6,11H2,1-3H3. The maximum absolute atomic E-state index is 11.6. The summed E-state index contributed by atoms with van der Waals surface area (Å²) in [4.78, 5) is 11.6. The second-order valence-electron chi connectivity index (χ2n) is 4.66. The van der Waals surface area contributed by atoms with Gasteiger partial charge in [-0.2, -0.15) is 0 Å². The molecule has 1 aliphatic rings. The molecule has 12 heavy (non-hydrogen) atoms. The number of hydrogen-bond acceptors (Lipinski definition) is 2. The Bertz CT molecular complexity index is 182. The highest BCUT2D eigenvalue weighted by molar-refractivity contribution is 5.91. The number of rotatable bonds is 4. The molecule has 0 aromatic carbocycles. The van der Waals surface area contributed by atoms with Crippen molar-refractivity contribution in [1.82, 2.24) is 0 Å². The molecule has 2 nitrogen and oxygen atoms in total. The Hall–Kier alpha value is -0.370. The van der Waals surface area contributed by atoms with Crippen molar-refractivity contribution in [2.24, 2.45) is 17.1 Å². The van der Waals surface area contributed by atoms with Gasteiger partial charge in [0.15, 0.2) is 5.78 Å². The molecule has 0 heterocycles. The number of carbonyl (C=O) groups excluding carboxylic acids is 1. The van der Waals surface area contributed by atoms with Gasteiger partial charge in [-0.25, -0.2) is 0 Å². The first-order chi connectivity index (χ1) is 5.46. The lowest BCUT2D eigenvalue weighted by atomic mass is 9.92. The van der Waals surface area contributed by atoms with Gasteiger partial charge in [-0.3, -0.25) is 4.79 Å². The molecule has 1 saturated carbocycles. The van der Waals surface area contributed by atoms with Crippen LogP contribution in [0, 0.1) is 11.3 Å². The predicted molar refractivity (Wildman–Crippen MR) is 49.8 cm³/mol. The van der Waals surface area contributed by atoms with Crippen LogP contribution in [0.4, 0.5) is 0 Å². The van der Waals surface area contributed by atoms with E-state index in [9.17, 15) is 4.79 Å². The predicted octanol–water partition coefficient (Wildman–Crippen LogP) is 1.73. The fourth-order valence-electron chi connectivity index (χ4n) is 1.50. The fraction of sp³-hybridized carbons (Fsp3) is 0.900. The number of hydrogen-bond donors (Lipinski definition) is 1. The summed E-state index contributed by atoms with van der Waals surface area (Å²) in [5.41, 5.74) is 5.75. The summed E-state index contributed by atoms with van der Waals surface area (Å²) in [6.07, 6.45) is 2.91. The second-order valence-corrected chi connectivity index (χ2v) is 4.66. The van der Waals surface area contributed by atoms with Crippen molar-refractivity contribution in [3.8, 4) is 0 Å². The Morgan fingerprint density at radius 3 is 2.33 bits per heavy atom. The Morgan fingerprint density at radius 2 is 2.00 bits per heavy atom. The molecule has 0 aromatic heterocycles. The largest absolute Gasteiger partial charge is 0.321 e. The SMILES string of the molecule is CC(C)CC(N)C(=O)C1(C)CC1. The summed E-state index contributed by atoms with van der Waals surface area (Å²) in [7, 11) is 0. The van der Waals surface area contributed by atoms with Crippen molar-refractivity contribution in [3.63, 3.8) is 0 Å². The lowest BCUT2D eigenvalue weighted by Gasteiger charge is -2.16. The highest BCUT2D eigenvalue weighted by Gasteiger charge is 2.46. The van der Waals surface area contributed by atoms with E-state index in [0.717, 1.165) is 19.3 Å². The van der Waals surface area contributed by atoms with Crippen molar-refractivity contribution in [3.05, 3.63) is 0 Å². The topological polar surface area (TPSA) is 43.1 Å². The van der Waals surface area contributed by atoms with Crippen LogP contribution in [0.15, 0.2) is 0 Å². The fourth-order valence-corrected chi connectivity index (χ4v) is 1.50. The molecule has 1 unspecified atom stereocenters. The molecule has 0 radical (unpaired) electrons. The highest BCUT2D eigenvalue weighted by Crippen LogP contribution is 2.46. The number of carbonyl (C=O) groups is 1. The van der Waals surface area contributed by atoms with Gasteiger partial charge in [0.05, 0.1) is 6.04 Å². The van der Waals surface area contributed by atoms with Gasteiger partial charge < -0.3 is 5.73 Å². The van der Waals surface area contributed by atoms with Crippen molar-refractivity contribution >= 4 is 5.78 Å². The molecule has 0 bridgehead atoms. The van der Waals surface area contributed by atoms with Crippen LogP contribution >= 0.6 is 0 Å². The molecular formula is C10H19NO. The molecule has 1 fully saturated rings. The van der Waals surface area contributed by atoms with E-state index < -0.39 is 0 Å². The third-order valence-electron chi connectivity index (χ3n) is 2.66. The first-order valence-electron chi connectivity index (χ1n) is 4.75. The number of ketones is 1. The van der Waals surface area contributed by atoms with Crippen LogP contribution in [0.1, 0.15) is 40.0 Å². The van der Waals surface area contributed by atoms with Gasteiger partial charge in [0.25, 0.3) is 0 Å². The van der Waals surface area contributed by atoms with Gasteiger partial charge in [0.1, 0.15) is 0 Å². The molecule has 1 atom stereocenters. The van der Waals surface area contributed by atoms with Crippen molar-refractivity contribution in [2.75, 3.05) is 0 Å². The van der Waals surface area contributed by atoms with Crippen molar-refractivity contribution < 1.29 is 4.79 Å². The van der Waals surface area contributed by atoms with E-state index in [4.69, 9.17) is 5.73 Å². The second kappa shape index (κ2) is 3.17. The van der Waals surface area contributed by atoms with Crippen LogP contribution in [0.5, 0.6) is 0 Å². The smallest absolute Gasteiger partial charge is 0.155 e. The lowest BCUT2D eigenvalue weighted by Crippen LogP contribution is -2.36. The molecule has 0 aliphatic heterocycles. The molecule has 0 aromatic rings. The summed E-state index contributed by atoms with van der Waals surface area (Å²) in [5.74, 6) is 0.794. The van der Waals surface area contributed by atoms with E-state index >= 15 is 0 Å². The zero-order valence-corrected chi connectivity index (χ0v) is 8.26. The molecule has 0 saturated heterocycles. The van der Waals surface area contributed by atoms with Crippen LogP contribution in [0.3, 0.4) is 0 Å². The van der Waals surface area contributed by atoms with Gasteiger partial charge in [-0.15, -0.1) is 0 Å². The molecule has 70 valence electrons. The van der Waals surface area contributed by atoms with E-state index in [0.29, 0.717) is 5.92 Å².